The zero-order chi connectivity index (χ0) is 32.7. The maximum atomic E-state index is 15.1. The van der Waals surface area contributed by atoms with Crippen LogP contribution >= 0.6 is 36.2 Å². The number of nitrogens with one attached hydrogen (secondary N) is 1. The molecule has 4 rings (SSSR count). The fourth-order valence-corrected chi connectivity index (χ4v) is 5.51. The fraction of sp³-hybridized carbons (Fsp3) is 0.379. The second-order valence-electron chi connectivity index (χ2n) is 10.3. The number of likely N-dealkylation sites (N-methyl/N-ethyl adjacent to an activating group) is 1. The lowest BCUT2D eigenvalue weighted by Crippen LogP contribution is -3.00. The Balaban J connectivity index is 0.00000384. The van der Waals surface area contributed by atoms with Gasteiger partial charge in [-0.25, -0.2) is 23.5 Å². The van der Waals surface area contributed by atoms with Gasteiger partial charge in [0, 0.05) is 54.2 Å². The number of nitrogens with zero attached hydrogens (tertiary/aromatic N) is 6. The van der Waals surface area contributed by atoms with Crippen LogP contribution in [0.15, 0.2) is 54.6 Å². The minimum atomic E-state index is -1.98. The quantitative estimate of drug-likeness (QED) is 0.128. The van der Waals surface area contributed by atoms with Crippen LogP contribution in [-0.4, -0.2) is 57.6 Å². The number of carbonyl (C=O) groups excluding carboxylic acids is 2. The van der Waals surface area contributed by atoms with E-state index in [9.17, 15) is 19.1 Å². The average molecular weight is 754 g/mol. The Morgan fingerprint density at radius 3 is 2.65 bits per heavy atom. The number of ether oxygens (including phenoxy) is 2. The molecular weight excluding hydrogens is 717 g/mol. The van der Waals surface area contributed by atoms with Crippen molar-refractivity contribution in [2.24, 2.45) is 5.73 Å². The molecule has 1 amide bonds. The van der Waals surface area contributed by atoms with Gasteiger partial charge in [-0.2, -0.15) is 4.57 Å². The van der Waals surface area contributed by atoms with Crippen molar-refractivity contribution < 1.29 is 49.9 Å². The van der Waals surface area contributed by atoms with Gasteiger partial charge in [-0.15, -0.1) is 40.8 Å². The Morgan fingerprint density at radius 1 is 1.25 bits per heavy atom. The van der Waals surface area contributed by atoms with Crippen LogP contribution in [-0.2, 0) is 39.6 Å². The van der Waals surface area contributed by atoms with E-state index in [4.69, 9.17) is 15.2 Å². The van der Waals surface area contributed by atoms with Crippen molar-refractivity contribution in [2.75, 3.05) is 25.5 Å². The summed E-state index contributed by atoms with van der Waals surface area (Å²) in [6, 6.07) is 6.21. The fourth-order valence-electron chi connectivity index (χ4n) is 4.53. The van der Waals surface area contributed by atoms with E-state index in [1.165, 1.54) is 51.4 Å². The van der Waals surface area contributed by atoms with E-state index in [2.05, 4.69) is 20.4 Å². The molecule has 0 fully saturated rings. The highest BCUT2D eigenvalue weighted by Gasteiger charge is 2.43. The van der Waals surface area contributed by atoms with Crippen molar-refractivity contribution >= 4 is 54.0 Å². The second-order valence-corrected chi connectivity index (χ2v) is 11.2. The molecule has 0 aliphatic rings. The molecule has 3 aromatic heterocycles. The molecule has 0 saturated heterocycles. The first-order chi connectivity index (χ1) is 21.5. The third-order valence-electron chi connectivity index (χ3n) is 7.12. The molecular formula is C29H37Cl3F2N8O5S. The first-order valence-electron chi connectivity index (χ1n) is 13.9. The number of hydrogen-bond acceptors (Lipinski definition) is 11. The molecule has 0 saturated carbocycles. The zero-order valence-corrected chi connectivity index (χ0v) is 29.6. The molecule has 4 aromatic rings. The Morgan fingerprint density at radius 2 is 1.98 bits per heavy atom. The van der Waals surface area contributed by atoms with E-state index in [-0.39, 0.29) is 74.8 Å². The summed E-state index contributed by atoms with van der Waals surface area (Å²) in [7, 11) is 3.09. The Hall–Kier alpha value is -3.51. The number of aromatic nitrogens is 5. The Kier molecular flexibility index (Phi) is 16.7. The number of rotatable bonds is 13. The largest absolute Gasteiger partial charge is 1.00 e. The molecule has 3 atom stereocenters. The highest BCUT2D eigenvalue weighted by molar-refractivity contribution is 7.09. The van der Waals surface area contributed by atoms with Gasteiger partial charge in [0.1, 0.15) is 36.2 Å². The summed E-state index contributed by atoms with van der Waals surface area (Å²) in [4.78, 5) is 34.7. The third-order valence-corrected chi connectivity index (χ3v) is 8.20. The molecule has 0 bridgehead atoms. The minimum absolute atomic E-state index is 0. The molecule has 48 heavy (non-hydrogen) atoms. The SMILES string of the molecule is CNCC(=O)OCc1cccnc1N(C)C(=O)OC(C)[n+]1cnn(C[C@](O)(c2cc(F)ccc2F)[C@@H](C)c2nc(CN)cs2)c1.Cl.Cl.[Cl-]. The van der Waals surface area contributed by atoms with Gasteiger partial charge in [0.05, 0.1) is 17.2 Å². The third kappa shape index (κ3) is 10.0. The van der Waals surface area contributed by atoms with Crippen LogP contribution in [0.2, 0.25) is 0 Å². The van der Waals surface area contributed by atoms with Gasteiger partial charge in [-0.05, 0) is 31.3 Å². The van der Waals surface area contributed by atoms with Crippen LogP contribution in [0.25, 0.3) is 0 Å². The van der Waals surface area contributed by atoms with Crippen molar-refractivity contribution in [1.82, 2.24) is 25.1 Å². The number of nitrogens with two attached hydrogens (primary N) is 1. The number of hydrogen-bond donors (Lipinski definition) is 3. The van der Waals surface area contributed by atoms with E-state index in [1.54, 1.807) is 38.4 Å². The minimum Gasteiger partial charge on any atom is -1.00 e. The van der Waals surface area contributed by atoms with Gasteiger partial charge >= 0.3 is 12.1 Å². The Labute approximate surface area is 298 Å². The summed E-state index contributed by atoms with van der Waals surface area (Å²) < 4.78 is 43.0. The highest BCUT2D eigenvalue weighted by Crippen LogP contribution is 2.40. The molecule has 0 radical (unpaired) electrons. The summed E-state index contributed by atoms with van der Waals surface area (Å²) in [5.74, 6) is -2.52. The number of aliphatic hydroxyl groups is 1. The van der Waals surface area contributed by atoms with Crippen LogP contribution in [0.5, 0.6) is 0 Å². The lowest BCUT2D eigenvalue weighted by Gasteiger charge is -2.32. The molecule has 1 unspecified atom stereocenters. The second kappa shape index (κ2) is 18.9. The van der Waals surface area contributed by atoms with Gasteiger partial charge < -0.3 is 38.0 Å². The van der Waals surface area contributed by atoms with E-state index >= 15 is 4.39 Å². The average Bonchev–Trinajstić information content (AvgIpc) is 3.70. The summed E-state index contributed by atoms with van der Waals surface area (Å²) >= 11 is 1.25. The number of amides is 1. The molecule has 4 N–H and O–H groups in total. The van der Waals surface area contributed by atoms with Gasteiger partial charge in [0.2, 0.25) is 12.6 Å². The molecule has 3 heterocycles. The lowest BCUT2D eigenvalue weighted by atomic mass is 9.82. The molecule has 0 aliphatic carbocycles. The van der Waals surface area contributed by atoms with Crippen LogP contribution < -0.4 is 32.9 Å². The molecule has 1 aromatic carbocycles. The van der Waals surface area contributed by atoms with E-state index in [0.29, 0.717) is 16.3 Å². The molecule has 13 nitrogen and oxygen atoms in total. The zero-order valence-electron chi connectivity index (χ0n) is 26.4. The van der Waals surface area contributed by atoms with Crippen molar-refractivity contribution in [3.05, 3.63) is 88.0 Å². The van der Waals surface area contributed by atoms with Crippen molar-refractivity contribution in [3.8, 4) is 0 Å². The van der Waals surface area contributed by atoms with Gasteiger partial charge in [0.25, 0.3) is 6.33 Å². The molecule has 264 valence electrons. The number of thiazole rings is 1. The summed E-state index contributed by atoms with van der Waals surface area (Å²) in [5.41, 5.74) is 4.56. The van der Waals surface area contributed by atoms with Crippen molar-refractivity contribution in [3.63, 3.8) is 0 Å². The van der Waals surface area contributed by atoms with E-state index in [1.807, 2.05) is 0 Å². The smallest absolute Gasteiger partial charge is 0.418 e. The number of anilines is 1. The van der Waals surface area contributed by atoms with Gasteiger partial charge in [-0.3, -0.25) is 9.69 Å². The predicted octanol–water partition coefficient (Wildman–Crippen LogP) is 0.352. The van der Waals surface area contributed by atoms with Crippen molar-refractivity contribution in [2.45, 2.75) is 51.3 Å². The normalized spacial score (nSPS) is 13.1. The first kappa shape index (κ1) is 42.5. The number of esters is 1. The van der Waals surface area contributed by atoms with Crippen LogP contribution in [0, 0.1) is 11.6 Å². The molecule has 0 aliphatic heterocycles. The standard InChI is InChI=1S/C29H35F2N8O5S.3ClH/c1-18(27-36-22(11-32)14-45-27)29(42,23-10-21(30)7-8-24(23)31)15-39-17-38(16-35-39)19(2)44-28(41)37(4)26-20(6-5-9-34-26)13-43-25(40)12-33-3;;;/h5-10,14,16-19,33,42H,11-13,15,32H2,1-4H3;3*1H/q+1;;;/p-1/t18-,19?,29+;;;/m0.../s1. The van der Waals surface area contributed by atoms with Gasteiger partial charge in [0.15, 0.2) is 0 Å². The summed E-state index contributed by atoms with van der Waals surface area (Å²) in [6.45, 7) is 3.09. The van der Waals surface area contributed by atoms with E-state index in [0.717, 1.165) is 18.2 Å². The van der Waals surface area contributed by atoms with Crippen LogP contribution in [0.3, 0.4) is 0 Å². The maximum Gasteiger partial charge on any atom is 0.418 e. The topological polar surface area (TPSA) is 162 Å². The number of halogens is 5. The van der Waals surface area contributed by atoms with E-state index < -0.39 is 41.4 Å². The maximum absolute atomic E-state index is 15.1. The highest BCUT2D eigenvalue weighted by atomic mass is 35.5. The first-order valence-corrected chi connectivity index (χ1v) is 14.8. The predicted molar refractivity (Wildman–Crippen MR) is 173 cm³/mol. The summed E-state index contributed by atoms with van der Waals surface area (Å²) in [6.07, 6.45) is 2.70. The van der Waals surface area contributed by atoms with Crippen molar-refractivity contribution in [1.29, 1.82) is 0 Å². The Bertz CT molecular complexity index is 1650. The van der Waals surface area contributed by atoms with Crippen LogP contribution in [0.4, 0.5) is 19.4 Å². The number of pyridine rings is 1. The van der Waals surface area contributed by atoms with Gasteiger partial charge in [-0.1, -0.05) is 13.0 Å². The molecule has 19 heteroatoms. The number of carbonyl (C=O) groups is 2. The molecule has 0 spiro atoms. The summed E-state index contributed by atoms with van der Waals surface area (Å²) in [5, 5.41) is 21.2. The number of benzene rings is 1. The van der Waals surface area contributed by atoms with Crippen LogP contribution in [0.1, 0.15) is 47.8 Å². The monoisotopic (exact) mass is 752 g/mol. The lowest BCUT2D eigenvalue weighted by molar-refractivity contribution is -0.753.